The number of urea groups is 1. The number of hydrogen-bond acceptors (Lipinski definition) is 3. The Balaban J connectivity index is 1.91. The molecular weight excluding hydrogens is 268 g/mol. The number of anilines is 1. The number of amides is 2. The maximum Gasteiger partial charge on any atom is 0.322 e. The van der Waals surface area contributed by atoms with Crippen molar-refractivity contribution >= 4 is 18.0 Å². The maximum absolute atomic E-state index is 12.1. The number of carbonyl (C=O) groups excluding carboxylic acids is 2. The van der Waals surface area contributed by atoms with E-state index in [0.29, 0.717) is 24.3 Å². The van der Waals surface area contributed by atoms with Crippen molar-refractivity contribution in [1.82, 2.24) is 4.90 Å². The molecule has 0 bridgehead atoms. The molecule has 0 spiro atoms. The highest BCUT2D eigenvalue weighted by Crippen LogP contribution is 2.22. The first-order valence-corrected chi connectivity index (χ1v) is 7.08. The number of nitrogens with one attached hydrogen (secondary N) is 1. The third-order valence-electron chi connectivity index (χ3n) is 3.40. The van der Waals surface area contributed by atoms with Crippen LogP contribution in [0.5, 0.6) is 0 Å². The number of nitrogens with zero attached hydrogens (tertiary/aromatic N) is 1. The van der Waals surface area contributed by atoms with E-state index in [1.165, 1.54) is 0 Å². The van der Waals surface area contributed by atoms with Crippen LogP contribution in [0.25, 0.3) is 0 Å². The van der Waals surface area contributed by atoms with E-state index in [9.17, 15) is 9.59 Å². The molecule has 1 aromatic rings. The molecule has 2 amide bonds. The molecule has 0 atom stereocenters. The predicted octanol–water partition coefficient (Wildman–Crippen LogP) is 2.84. The van der Waals surface area contributed by atoms with Gasteiger partial charge in [0.2, 0.25) is 0 Å². The summed E-state index contributed by atoms with van der Waals surface area (Å²) in [6.45, 7) is 9.02. The van der Waals surface area contributed by atoms with Crippen LogP contribution in [0.1, 0.15) is 36.7 Å². The van der Waals surface area contributed by atoms with Crippen molar-refractivity contribution in [2.24, 2.45) is 0 Å². The largest absolute Gasteiger partial charge is 0.369 e. The van der Waals surface area contributed by atoms with Gasteiger partial charge in [-0.3, -0.25) is 4.79 Å². The molecule has 114 valence electrons. The van der Waals surface area contributed by atoms with Gasteiger partial charge in [0.1, 0.15) is 6.29 Å². The first kappa shape index (κ1) is 15.5. The van der Waals surface area contributed by atoms with E-state index < -0.39 is 0 Å². The second-order valence-electron chi connectivity index (χ2n) is 6.33. The van der Waals surface area contributed by atoms with Crippen LogP contribution in [0.3, 0.4) is 0 Å². The van der Waals surface area contributed by atoms with Crippen LogP contribution in [0, 0.1) is 6.92 Å². The molecular formula is C16H22N2O3. The van der Waals surface area contributed by atoms with Gasteiger partial charge in [-0.05, 0) is 39.3 Å². The highest BCUT2D eigenvalue weighted by atomic mass is 16.5. The molecule has 5 heteroatoms. The van der Waals surface area contributed by atoms with Crippen LogP contribution >= 0.6 is 0 Å². The second kappa shape index (κ2) is 5.85. The highest BCUT2D eigenvalue weighted by molar-refractivity contribution is 5.92. The lowest BCUT2D eigenvalue weighted by Crippen LogP contribution is -2.57. The van der Waals surface area contributed by atoms with E-state index in [1.807, 2.05) is 27.7 Å². The van der Waals surface area contributed by atoms with Crippen LogP contribution < -0.4 is 5.32 Å². The molecule has 5 nitrogen and oxygen atoms in total. The van der Waals surface area contributed by atoms with Gasteiger partial charge in [0.25, 0.3) is 0 Å². The van der Waals surface area contributed by atoms with Gasteiger partial charge in [-0.2, -0.15) is 0 Å². The second-order valence-corrected chi connectivity index (χ2v) is 6.33. The lowest BCUT2D eigenvalue weighted by molar-refractivity contribution is -0.110. The number of aldehydes is 1. The van der Waals surface area contributed by atoms with Crippen LogP contribution in [-0.4, -0.2) is 42.0 Å². The van der Waals surface area contributed by atoms with Crippen LogP contribution in [0.4, 0.5) is 10.5 Å². The minimum absolute atomic E-state index is 0.0955. The molecule has 1 fully saturated rings. The zero-order valence-electron chi connectivity index (χ0n) is 13.0. The fraction of sp³-hybridized carbons (Fsp3) is 0.500. The van der Waals surface area contributed by atoms with E-state index in [4.69, 9.17) is 4.74 Å². The molecule has 2 rings (SSSR count). The molecule has 1 N–H and O–H groups in total. The van der Waals surface area contributed by atoms with Gasteiger partial charge < -0.3 is 15.0 Å². The van der Waals surface area contributed by atoms with Crippen LogP contribution in [0.2, 0.25) is 0 Å². The quantitative estimate of drug-likeness (QED) is 0.871. The molecule has 1 aliphatic rings. The smallest absolute Gasteiger partial charge is 0.322 e. The number of rotatable bonds is 3. The first-order chi connectivity index (χ1) is 9.80. The molecule has 0 unspecified atom stereocenters. The standard InChI is InChI=1S/C16H22N2O3/c1-11-12(10-19)6-5-7-14(11)17-15(20)18-8-13(9-18)21-16(2,3)4/h5-7,10,13H,8-9H2,1-4H3,(H,17,20). The van der Waals surface area contributed by atoms with Crippen molar-refractivity contribution in [2.75, 3.05) is 18.4 Å². The molecule has 1 saturated heterocycles. The number of benzene rings is 1. The highest BCUT2D eigenvalue weighted by Gasteiger charge is 2.34. The lowest BCUT2D eigenvalue weighted by atomic mass is 10.1. The van der Waals surface area contributed by atoms with Gasteiger partial charge in [-0.15, -0.1) is 0 Å². The Morgan fingerprint density at radius 3 is 2.62 bits per heavy atom. The Kier molecular flexibility index (Phi) is 4.32. The number of likely N-dealkylation sites (tertiary alicyclic amines) is 1. The van der Waals surface area contributed by atoms with Gasteiger partial charge in [0.15, 0.2) is 0 Å². The summed E-state index contributed by atoms with van der Waals surface area (Å²) in [6, 6.07) is 5.13. The lowest BCUT2D eigenvalue weighted by Gasteiger charge is -2.41. The predicted molar refractivity (Wildman–Crippen MR) is 81.8 cm³/mol. The van der Waals surface area contributed by atoms with E-state index in [2.05, 4.69) is 5.32 Å². The fourth-order valence-electron chi connectivity index (χ4n) is 2.29. The monoisotopic (exact) mass is 290 g/mol. The Labute approximate surface area is 125 Å². The molecule has 21 heavy (non-hydrogen) atoms. The molecule has 0 aromatic heterocycles. The number of hydrogen-bond donors (Lipinski definition) is 1. The summed E-state index contributed by atoms with van der Waals surface area (Å²) in [5, 5.41) is 2.84. The minimum atomic E-state index is -0.192. The molecule has 1 heterocycles. The van der Waals surface area contributed by atoms with Crippen molar-refractivity contribution in [3.05, 3.63) is 29.3 Å². The summed E-state index contributed by atoms with van der Waals surface area (Å²) in [4.78, 5) is 24.7. The van der Waals surface area contributed by atoms with Gasteiger partial charge >= 0.3 is 6.03 Å². The van der Waals surface area contributed by atoms with Crippen molar-refractivity contribution in [3.63, 3.8) is 0 Å². The Morgan fingerprint density at radius 2 is 2.05 bits per heavy atom. The van der Waals surface area contributed by atoms with Crippen molar-refractivity contribution in [3.8, 4) is 0 Å². The van der Waals surface area contributed by atoms with Crippen molar-refractivity contribution < 1.29 is 14.3 Å². The normalized spacial score (nSPS) is 15.5. The summed E-state index contributed by atoms with van der Waals surface area (Å²) < 4.78 is 5.80. The van der Waals surface area contributed by atoms with Gasteiger partial charge in [-0.1, -0.05) is 12.1 Å². The summed E-state index contributed by atoms with van der Waals surface area (Å²) in [7, 11) is 0. The third-order valence-corrected chi connectivity index (χ3v) is 3.40. The van der Waals surface area contributed by atoms with Gasteiger partial charge in [0, 0.05) is 11.3 Å². The maximum atomic E-state index is 12.1. The minimum Gasteiger partial charge on any atom is -0.369 e. The average Bonchev–Trinajstić information content (AvgIpc) is 2.34. The van der Waals surface area contributed by atoms with E-state index in [-0.39, 0.29) is 17.7 Å². The Bertz CT molecular complexity index is 543. The van der Waals surface area contributed by atoms with Crippen molar-refractivity contribution in [2.45, 2.75) is 39.4 Å². The van der Waals surface area contributed by atoms with E-state index >= 15 is 0 Å². The third kappa shape index (κ3) is 3.82. The summed E-state index contributed by atoms with van der Waals surface area (Å²) in [5.74, 6) is 0. The molecule has 0 radical (unpaired) electrons. The summed E-state index contributed by atoms with van der Waals surface area (Å²) in [5.41, 5.74) is 1.85. The average molecular weight is 290 g/mol. The summed E-state index contributed by atoms with van der Waals surface area (Å²) in [6.07, 6.45) is 0.889. The molecule has 0 saturated carbocycles. The number of carbonyl (C=O) groups is 2. The zero-order valence-corrected chi connectivity index (χ0v) is 13.0. The Hall–Kier alpha value is -1.88. The SMILES string of the molecule is Cc1c(C=O)cccc1NC(=O)N1CC(OC(C)(C)C)C1. The first-order valence-electron chi connectivity index (χ1n) is 7.08. The topological polar surface area (TPSA) is 58.6 Å². The van der Waals surface area contributed by atoms with E-state index in [0.717, 1.165) is 11.8 Å². The molecule has 1 aromatic carbocycles. The van der Waals surface area contributed by atoms with Crippen LogP contribution in [0.15, 0.2) is 18.2 Å². The van der Waals surface area contributed by atoms with E-state index in [1.54, 1.807) is 23.1 Å². The fourth-order valence-corrected chi connectivity index (χ4v) is 2.29. The van der Waals surface area contributed by atoms with Crippen molar-refractivity contribution in [1.29, 1.82) is 0 Å². The molecule has 0 aliphatic carbocycles. The van der Waals surface area contributed by atoms with Gasteiger partial charge in [-0.25, -0.2) is 4.79 Å². The zero-order chi connectivity index (χ0) is 15.6. The number of ether oxygens (including phenoxy) is 1. The Morgan fingerprint density at radius 1 is 1.38 bits per heavy atom. The summed E-state index contributed by atoms with van der Waals surface area (Å²) >= 11 is 0. The van der Waals surface area contributed by atoms with Crippen LogP contribution in [-0.2, 0) is 4.74 Å². The van der Waals surface area contributed by atoms with Gasteiger partial charge in [0.05, 0.1) is 24.8 Å². The molecule has 1 aliphatic heterocycles.